The molecule has 18 heavy (non-hydrogen) atoms. The minimum Gasteiger partial charge on any atom is -0.393 e. The molecule has 3 N–H and O–H groups in total. The summed E-state index contributed by atoms with van der Waals surface area (Å²) in [6.45, 7) is 4.76. The van der Waals surface area contributed by atoms with Crippen LogP contribution in [0.3, 0.4) is 0 Å². The van der Waals surface area contributed by atoms with Crippen LogP contribution in [-0.2, 0) is 0 Å². The van der Waals surface area contributed by atoms with Crippen LogP contribution in [0.5, 0.6) is 0 Å². The molecule has 0 bridgehead atoms. The Bertz CT molecular complexity index is 456. The summed E-state index contributed by atoms with van der Waals surface area (Å²) in [5, 5.41) is 12.7. The Morgan fingerprint density at radius 1 is 1.56 bits per heavy atom. The zero-order chi connectivity index (χ0) is 13.1. The van der Waals surface area contributed by atoms with E-state index in [0.717, 1.165) is 25.8 Å². The molecule has 100 valence electrons. The largest absolute Gasteiger partial charge is 0.393 e. The molecule has 0 amide bonds. The van der Waals surface area contributed by atoms with Gasteiger partial charge in [-0.1, -0.05) is 13.8 Å². The van der Waals surface area contributed by atoms with Crippen molar-refractivity contribution in [3.05, 3.63) is 22.2 Å². The molecule has 5 heteroatoms. The molecule has 1 aliphatic rings. The minimum absolute atomic E-state index is 0.123. The van der Waals surface area contributed by atoms with Gasteiger partial charge in [0, 0.05) is 18.5 Å². The summed E-state index contributed by atoms with van der Waals surface area (Å²) in [7, 11) is 0. The highest BCUT2D eigenvalue weighted by atomic mass is 16.3. The maximum absolute atomic E-state index is 11.5. The SMILES string of the molecule is CC(C)c1nc(NCC2CCC(O)C2)cc(=O)[nH]1. The van der Waals surface area contributed by atoms with Crippen molar-refractivity contribution in [2.45, 2.75) is 45.1 Å². The van der Waals surface area contributed by atoms with Crippen LogP contribution in [0.25, 0.3) is 0 Å². The lowest BCUT2D eigenvalue weighted by atomic mass is 10.1. The van der Waals surface area contributed by atoms with E-state index in [-0.39, 0.29) is 17.6 Å². The summed E-state index contributed by atoms with van der Waals surface area (Å²) in [4.78, 5) is 18.6. The summed E-state index contributed by atoms with van der Waals surface area (Å²) in [5.74, 6) is 2.01. The number of nitrogens with zero attached hydrogens (tertiary/aromatic N) is 1. The maximum atomic E-state index is 11.5. The minimum atomic E-state index is -0.157. The monoisotopic (exact) mass is 251 g/mol. The quantitative estimate of drug-likeness (QED) is 0.757. The number of hydrogen-bond acceptors (Lipinski definition) is 4. The van der Waals surface area contributed by atoms with Crippen molar-refractivity contribution in [3.63, 3.8) is 0 Å². The van der Waals surface area contributed by atoms with Crippen molar-refractivity contribution in [1.82, 2.24) is 9.97 Å². The number of hydrogen-bond donors (Lipinski definition) is 3. The first-order valence-corrected chi connectivity index (χ1v) is 6.58. The average molecular weight is 251 g/mol. The van der Waals surface area contributed by atoms with E-state index in [1.165, 1.54) is 6.07 Å². The molecular weight excluding hydrogens is 230 g/mol. The highest BCUT2D eigenvalue weighted by Gasteiger charge is 2.22. The molecule has 1 heterocycles. The van der Waals surface area contributed by atoms with Crippen LogP contribution in [-0.4, -0.2) is 27.7 Å². The van der Waals surface area contributed by atoms with Crippen LogP contribution >= 0.6 is 0 Å². The Morgan fingerprint density at radius 2 is 2.33 bits per heavy atom. The molecule has 1 aliphatic carbocycles. The van der Waals surface area contributed by atoms with E-state index in [1.807, 2.05) is 13.8 Å². The molecule has 1 aromatic rings. The van der Waals surface area contributed by atoms with Crippen molar-refractivity contribution in [2.75, 3.05) is 11.9 Å². The summed E-state index contributed by atoms with van der Waals surface area (Å²) >= 11 is 0. The summed E-state index contributed by atoms with van der Waals surface area (Å²) < 4.78 is 0. The lowest BCUT2D eigenvalue weighted by Gasteiger charge is -2.12. The fourth-order valence-electron chi connectivity index (χ4n) is 2.32. The molecule has 2 rings (SSSR count). The van der Waals surface area contributed by atoms with Crippen molar-refractivity contribution in [2.24, 2.45) is 5.92 Å². The zero-order valence-electron chi connectivity index (χ0n) is 10.9. The van der Waals surface area contributed by atoms with Gasteiger partial charge in [0.2, 0.25) is 0 Å². The van der Waals surface area contributed by atoms with Gasteiger partial charge in [-0.25, -0.2) is 4.98 Å². The predicted molar refractivity (Wildman–Crippen MR) is 70.8 cm³/mol. The van der Waals surface area contributed by atoms with Gasteiger partial charge in [0.25, 0.3) is 5.56 Å². The first-order valence-electron chi connectivity index (χ1n) is 6.58. The molecule has 0 aliphatic heterocycles. The van der Waals surface area contributed by atoms with E-state index < -0.39 is 0 Å². The third kappa shape index (κ3) is 3.32. The van der Waals surface area contributed by atoms with Gasteiger partial charge in [0.1, 0.15) is 11.6 Å². The van der Waals surface area contributed by atoms with Crippen LogP contribution in [0.15, 0.2) is 10.9 Å². The number of aromatic amines is 1. The van der Waals surface area contributed by atoms with Crippen LogP contribution in [0.4, 0.5) is 5.82 Å². The number of rotatable bonds is 4. The van der Waals surface area contributed by atoms with Gasteiger partial charge in [-0.05, 0) is 25.2 Å². The number of anilines is 1. The molecule has 0 radical (unpaired) electrons. The normalized spacial score (nSPS) is 23.6. The number of H-pyrrole nitrogens is 1. The third-order valence-electron chi connectivity index (χ3n) is 3.39. The topological polar surface area (TPSA) is 78.0 Å². The van der Waals surface area contributed by atoms with E-state index in [9.17, 15) is 9.90 Å². The smallest absolute Gasteiger partial charge is 0.252 e. The fraction of sp³-hybridized carbons (Fsp3) is 0.692. The standard InChI is InChI=1S/C13H21N3O2/c1-8(2)13-15-11(6-12(18)16-13)14-7-9-3-4-10(17)5-9/h6,8-10,17H,3-5,7H2,1-2H3,(H2,14,15,16,18). The van der Waals surface area contributed by atoms with E-state index in [2.05, 4.69) is 15.3 Å². The molecule has 5 nitrogen and oxygen atoms in total. The number of aromatic nitrogens is 2. The number of aliphatic hydroxyl groups is 1. The Hall–Kier alpha value is -1.36. The molecule has 1 aromatic heterocycles. The van der Waals surface area contributed by atoms with E-state index in [1.54, 1.807) is 0 Å². The van der Waals surface area contributed by atoms with Crippen molar-refractivity contribution in [3.8, 4) is 0 Å². The van der Waals surface area contributed by atoms with Crippen LogP contribution in [0.1, 0.15) is 44.9 Å². The second kappa shape index (κ2) is 5.52. The lowest BCUT2D eigenvalue weighted by molar-refractivity contribution is 0.178. The van der Waals surface area contributed by atoms with Crippen molar-refractivity contribution >= 4 is 5.82 Å². The second-order valence-electron chi connectivity index (χ2n) is 5.38. The van der Waals surface area contributed by atoms with E-state index >= 15 is 0 Å². The lowest BCUT2D eigenvalue weighted by Crippen LogP contribution is -2.18. The van der Waals surface area contributed by atoms with Gasteiger partial charge in [0.15, 0.2) is 0 Å². The maximum Gasteiger partial charge on any atom is 0.252 e. The Morgan fingerprint density at radius 3 is 2.94 bits per heavy atom. The van der Waals surface area contributed by atoms with Gasteiger partial charge >= 0.3 is 0 Å². The molecule has 1 fully saturated rings. The van der Waals surface area contributed by atoms with Gasteiger partial charge in [0.05, 0.1) is 6.10 Å². The molecule has 0 saturated heterocycles. The summed E-state index contributed by atoms with van der Waals surface area (Å²) in [5.41, 5.74) is -0.123. The second-order valence-corrected chi connectivity index (χ2v) is 5.38. The molecule has 0 spiro atoms. The first kappa shape index (κ1) is 13.1. The van der Waals surface area contributed by atoms with Gasteiger partial charge in [-0.15, -0.1) is 0 Å². The van der Waals surface area contributed by atoms with E-state index in [0.29, 0.717) is 17.6 Å². The highest BCUT2D eigenvalue weighted by molar-refractivity contribution is 5.33. The molecule has 0 aromatic carbocycles. The number of aliphatic hydroxyl groups excluding tert-OH is 1. The Kier molecular flexibility index (Phi) is 4.01. The first-order chi connectivity index (χ1) is 8.54. The Labute approximate surface area is 107 Å². The van der Waals surface area contributed by atoms with Crippen molar-refractivity contribution < 1.29 is 5.11 Å². The molecular formula is C13H21N3O2. The predicted octanol–water partition coefficient (Wildman–Crippen LogP) is 1.47. The Balaban J connectivity index is 1.98. The molecule has 1 saturated carbocycles. The van der Waals surface area contributed by atoms with Gasteiger partial charge in [-0.3, -0.25) is 4.79 Å². The van der Waals surface area contributed by atoms with Gasteiger partial charge < -0.3 is 15.4 Å². The number of nitrogens with one attached hydrogen (secondary N) is 2. The van der Waals surface area contributed by atoms with Crippen LogP contribution in [0, 0.1) is 5.92 Å². The average Bonchev–Trinajstić information content (AvgIpc) is 2.72. The fourth-order valence-corrected chi connectivity index (χ4v) is 2.32. The zero-order valence-corrected chi connectivity index (χ0v) is 10.9. The molecule has 2 unspecified atom stereocenters. The third-order valence-corrected chi connectivity index (χ3v) is 3.39. The van der Waals surface area contributed by atoms with Gasteiger partial charge in [-0.2, -0.15) is 0 Å². The van der Waals surface area contributed by atoms with Crippen LogP contribution < -0.4 is 10.9 Å². The molecule has 2 atom stereocenters. The summed E-state index contributed by atoms with van der Waals surface area (Å²) in [6.07, 6.45) is 2.60. The highest BCUT2D eigenvalue weighted by Crippen LogP contribution is 2.25. The van der Waals surface area contributed by atoms with E-state index in [4.69, 9.17) is 0 Å². The van der Waals surface area contributed by atoms with Crippen LogP contribution in [0.2, 0.25) is 0 Å². The van der Waals surface area contributed by atoms with Crippen molar-refractivity contribution in [1.29, 1.82) is 0 Å². The summed E-state index contributed by atoms with van der Waals surface area (Å²) in [6, 6.07) is 1.48.